The fourth-order valence-corrected chi connectivity index (χ4v) is 2.74. The minimum absolute atomic E-state index is 0.0662. The van der Waals surface area contributed by atoms with Gasteiger partial charge in [-0.3, -0.25) is 9.59 Å². The number of rotatable bonds is 7. The van der Waals surface area contributed by atoms with E-state index in [1.54, 1.807) is 45.9 Å². The van der Waals surface area contributed by atoms with Crippen molar-refractivity contribution >= 4 is 17.8 Å². The van der Waals surface area contributed by atoms with Crippen LogP contribution >= 0.6 is 0 Å². The number of nitrogens with zero attached hydrogens (tertiary/aromatic N) is 2. The minimum Gasteiger partial charge on any atom is -0.456 e. The van der Waals surface area contributed by atoms with Gasteiger partial charge in [0, 0.05) is 19.1 Å². The van der Waals surface area contributed by atoms with Crippen molar-refractivity contribution < 1.29 is 24.6 Å². The molecule has 0 saturated carbocycles. The van der Waals surface area contributed by atoms with E-state index in [4.69, 9.17) is 10.2 Å². The standard InChI is InChI=1S/C26H28N4O4/c1-17-6-5-7-19(12-17)15-28-24(32)22-13-21(29-16-30-22)23(31)27-14-18-8-10-20(11-9-18)25(33)34-26(2,3)4/h5-13,16H,14-15H2,1-4H3,(H,27,31)(H,28,32)/i14D2,15D2. The van der Waals surface area contributed by atoms with Gasteiger partial charge in [0.05, 0.1) is 11.0 Å². The van der Waals surface area contributed by atoms with E-state index in [0.717, 1.165) is 18.0 Å². The summed E-state index contributed by atoms with van der Waals surface area (Å²) in [5, 5.41) is 4.45. The van der Waals surface area contributed by atoms with Crippen LogP contribution in [0.15, 0.2) is 60.9 Å². The molecule has 0 aliphatic carbocycles. The molecule has 3 rings (SSSR count). The van der Waals surface area contributed by atoms with Crippen LogP contribution < -0.4 is 10.6 Å². The molecule has 0 bridgehead atoms. The highest BCUT2D eigenvalue weighted by Gasteiger charge is 2.18. The van der Waals surface area contributed by atoms with E-state index >= 15 is 0 Å². The monoisotopic (exact) mass is 464 g/mol. The molecule has 0 saturated heterocycles. The third kappa shape index (κ3) is 7.23. The maximum absolute atomic E-state index is 12.8. The summed E-state index contributed by atoms with van der Waals surface area (Å²) in [4.78, 5) is 45.3. The van der Waals surface area contributed by atoms with Crippen LogP contribution in [0.5, 0.6) is 0 Å². The topological polar surface area (TPSA) is 110 Å². The predicted octanol–water partition coefficient (Wildman–Crippen LogP) is 3.60. The zero-order valence-electron chi connectivity index (χ0n) is 23.3. The van der Waals surface area contributed by atoms with Gasteiger partial charge in [-0.05, 0) is 51.0 Å². The molecule has 2 aromatic carbocycles. The van der Waals surface area contributed by atoms with Gasteiger partial charge in [0.1, 0.15) is 23.3 Å². The summed E-state index contributed by atoms with van der Waals surface area (Å²) in [7, 11) is 0. The van der Waals surface area contributed by atoms with Crippen LogP contribution in [0.25, 0.3) is 0 Å². The number of hydrogen-bond acceptors (Lipinski definition) is 6. The predicted molar refractivity (Wildman–Crippen MR) is 127 cm³/mol. The summed E-state index contributed by atoms with van der Waals surface area (Å²) in [6.45, 7) is 2.44. The van der Waals surface area contributed by atoms with Crippen LogP contribution in [-0.4, -0.2) is 33.4 Å². The van der Waals surface area contributed by atoms with Gasteiger partial charge in [0.15, 0.2) is 0 Å². The number of carbonyl (C=O) groups is 3. The van der Waals surface area contributed by atoms with Gasteiger partial charge in [0.25, 0.3) is 11.8 Å². The summed E-state index contributed by atoms with van der Waals surface area (Å²) in [6.07, 6.45) is 0.956. The minimum atomic E-state index is -2.35. The Labute approximate surface area is 204 Å². The lowest BCUT2D eigenvalue weighted by Gasteiger charge is -2.19. The molecule has 0 spiro atoms. The first-order valence-electron chi connectivity index (χ1n) is 12.5. The van der Waals surface area contributed by atoms with Crippen LogP contribution in [0.4, 0.5) is 0 Å². The lowest BCUT2D eigenvalue weighted by atomic mass is 10.1. The Morgan fingerprint density at radius 3 is 2.03 bits per heavy atom. The van der Waals surface area contributed by atoms with Gasteiger partial charge in [-0.1, -0.05) is 42.0 Å². The molecule has 3 aromatic rings. The number of nitrogens with one attached hydrogen (secondary N) is 2. The average Bonchev–Trinajstić information content (AvgIpc) is 2.82. The van der Waals surface area contributed by atoms with E-state index in [2.05, 4.69) is 20.6 Å². The van der Waals surface area contributed by atoms with Crippen molar-refractivity contribution in [1.82, 2.24) is 20.6 Å². The molecule has 2 N–H and O–H groups in total. The summed E-state index contributed by atoms with van der Waals surface area (Å²) in [5.74, 6) is -2.37. The van der Waals surface area contributed by atoms with E-state index in [0.29, 0.717) is 0 Å². The first kappa shape index (κ1) is 19.4. The van der Waals surface area contributed by atoms with Crippen LogP contribution in [0.3, 0.4) is 0 Å². The third-order valence-corrected chi connectivity index (χ3v) is 4.31. The summed E-state index contributed by atoms with van der Waals surface area (Å²) in [5.41, 5.74) is 0.0904. The van der Waals surface area contributed by atoms with Gasteiger partial charge in [-0.15, -0.1) is 0 Å². The van der Waals surface area contributed by atoms with Crippen molar-refractivity contribution in [3.05, 3.63) is 94.6 Å². The molecule has 0 fully saturated rings. The van der Waals surface area contributed by atoms with Gasteiger partial charge >= 0.3 is 5.97 Å². The summed E-state index contributed by atoms with van der Waals surface area (Å²) >= 11 is 0. The Morgan fingerprint density at radius 1 is 0.882 bits per heavy atom. The Hall–Kier alpha value is -4.07. The maximum Gasteiger partial charge on any atom is 0.338 e. The Kier molecular flexibility index (Phi) is 6.11. The van der Waals surface area contributed by atoms with Crippen molar-refractivity contribution in [3.8, 4) is 0 Å². The number of benzene rings is 2. The molecule has 0 aliphatic rings. The van der Waals surface area contributed by atoms with E-state index in [1.165, 1.54) is 30.3 Å². The second kappa shape index (κ2) is 10.7. The van der Waals surface area contributed by atoms with Crippen molar-refractivity contribution in [1.29, 1.82) is 0 Å². The molecule has 176 valence electrons. The molecular formula is C26H28N4O4. The van der Waals surface area contributed by atoms with E-state index in [1.807, 2.05) is 0 Å². The molecule has 1 aromatic heterocycles. The SMILES string of the molecule is [2H]C([2H])(NC(=O)c1cc(C(=O)NC([2H])([2H])c2cccc(C)c2)ncn1)c1ccc(C(=O)OC(C)(C)C)cc1. The first-order chi connectivity index (χ1) is 17.6. The zero-order chi connectivity index (χ0) is 28.3. The number of carbonyl (C=O) groups excluding carboxylic acids is 3. The molecule has 0 radical (unpaired) electrons. The van der Waals surface area contributed by atoms with E-state index in [-0.39, 0.29) is 28.1 Å². The zero-order valence-corrected chi connectivity index (χ0v) is 19.3. The summed E-state index contributed by atoms with van der Waals surface area (Å²) < 4.78 is 38.3. The average molecular weight is 465 g/mol. The highest BCUT2D eigenvalue weighted by molar-refractivity contribution is 5.97. The van der Waals surface area contributed by atoms with Crippen LogP contribution in [0.1, 0.15) is 74.3 Å². The molecule has 0 unspecified atom stereocenters. The van der Waals surface area contributed by atoms with E-state index < -0.39 is 36.4 Å². The van der Waals surface area contributed by atoms with Crippen LogP contribution in [0, 0.1) is 6.92 Å². The van der Waals surface area contributed by atoms with Gasteiger partial charge < -0.3 is 15.4 Å². The van der Waals surface area contributed by atoms with E-state index in [9.17, 15) is 14.4 Å². The Bertz CT molecular complexity index is 1360. The molecular weight excluding hydrogens is 432 g/mol. The highest BCUT2D eigenvalue weighted by Crippen LogP contribution is 2.13. The number of ether oxygens (including phenoxy) is 1. The van der Waals surface area contributed by atoms with Gasteiger partial charge in [-0.25, -0.2) is 14.8 Å². The Balaban J connectivity index is 1.72. The van der Waals surface area contributed by atoms with Crippen molar-refractivity contribution in [3.63, 3.8) is 0 Å². The van der Waals surface area contributed by atoms with Gasteiger partial charge in [-0.2, -0.15) is 0 Å². The molecule has 8 nitrogen and oxygen atoms in total. The number of amides is 2. The lowest BCUT2D eigenvalue weighted by molar-refractivity contribution is 0.00692. The maximum atomic E-state index is 12.8. The largest absolute Gasteiger partial charge is 0.456 e. The Morgan fingerprint density at radius 2 is 1.47 bits per heavy atom. The first-order valence-corrected chi connectivity index (χ1v) is 10.5. The molecule has 1 heterocycles. The second-order valence-electron chi connectivity index (χ2n) is 8.40. The highest BCUT2D eigenvalue weighted by atomic mass is 16.6. The normalized spacial score (nSPS) is 13.5. The number of aryl methyl sites for hydroxylation is 1. The fraction of sp³-hybridized carbons (Fsp3) is 0.269. The number of aromatic nitrogens is 2. The molecule has 0 aliphatic heterocycles. The van der Waals surface area contributed by atoms with Crippen molar-refractivity contribution in [2.75, 3.05) is 0 Å². The van der Waals surface area contributed by atoms with Crippen molar-refractivity contribution in [2.45, 2.75) is 46.3 Å². The quantitative estimate of drug-likeness (QED) is 0.517. The lowest BCUT2D eigenvalue weighted by Crippen LogP contribution is -2.27. The smallest absolute Gasteiger partial charge is 0.338 e. The van der Waals surface area contributed by atoms with Crippen LogP contribution in [0.2, 0.25) is 0 Å². The fourth-order valence-electron chi connectivity index (χ4n) is 2.74. The van der Waals surface area contributed by atoms with Crippen LogP contribution in [-0.2, 0) is 17.7 Å². The number of hydrogen-bond donors (Lipinski definition) is 2. The molecule has 0 atom stereocenters. The molecule has 34 heavy (non-hydrogen) atoms. The molecule has 8 heteroatoms. The third-order valence-electron chi connectivity index (χ3n) is 4.31. The number of esters is 1. The van der Waals surface area contributed by atoms with Gasteiger partial charge in [0.2, 0.25) is 0 Å². The second-order valence-corrected chi connectivity index (χ2v) is 8.40. The molecule has 2 amide bonds. The summed E-state index contributed by atoms with van der Waals surface area (Å²) in [6, 6.07) is 13.1. The van der Waals surface area contributed by atoms with Crippen molar-refractivity contribution in [2.24, 2.45) is 0 Å².